The highest BCUT2D eigenvalue weighted by molar-refractivity contribution is 6.31. The van der Waals surface area contributed by atoms with Gasteiger partial charge in [0.1, 0.15) is 12.4 Å². The summed E-state index contributed by atoms with van der Waals surface area (Å²) in [7, 11) is 1.90. The Morgan fingerprint density at radius 3 is 2.79 bits per heavy atom. The summed E-state index contributed by atoms with van der Waals surface area (Å²) in [5, 5.41) is 8.21. The molecular formula is C18H23ClFN3O. The van der Waals surface area contributed by atoms with Gasteiger partial charge in [0.25, 0.3) is 0 Å². The van der Waals surface area contributed by atoms with Crippen LogP contribution in [0.3, 0.4) is 0 Å². The van der Waals surface area contributed by atoms with E-state index in [1.165, 1.54) is 31.4 Å². The largest absolute Gasteiger partial charge is 0.473 e. The number of ether oxygens (including phenoxy) is 1. The molecule has 3 rings (SSSR count). The zero-order valence-electron chi connectivity index (χ0n) is 13.9. The van der Waals surface area contributed by atoms with Crippen LogP contribution in [0, 0.1) is 5.82 Å². The third kappa shape index (κ3) is 4.08. The highest BCUT2D eigenvalue weighted by atomic mass is 35.5. The van der Waals surface area contributed by atoms with Gasteiger partial charge < -0.3 is 10.1 Å². The van der Waals surface area contributed by atoms with Gasteiger partial charge in [0, 0.05) is 18.2 Å². The predicted octanol–water partition coefficient (Wildman–Crippen LogP) is 4.48. The first-order valence-electron chi connectivity index (χ1n) is 8.47. The SMILES string of the molecule is CNCc1cc(OCc2ccc(F)cc2Cl)n(C2CCCCC2)n1. The molecule has 1 aliphatic carbocycles. The maximum absolute atomic E-state index is 13.2. The molecule has 0 bridgehead atoms. The van der Waals surface area contributed by atoms with E-state index in [2.05, 4.69) is 5.32 Å². The smallest absolute Gasteiger partial charge is 0.212 e. The minimum Gasteiger partial charge on any atom is -0.473 e. The molecule has 1 aromatic carbocycles. The van der Waals surface area contributed by atoms with E-state index in [0.29, 0.717) is 24.2 Å². The molecule has 0 amide bonds. The van der Waals surface area contributed by atoms with Gasteiger partial charge in [0.2, 0.25) is 5.88 Å². The number of nitrogens with one attached hydrogen (secondary N) is 1. The Balaban J connectivity index is 1.77. The summed E-state index contributed by atoms with van der Waals surface area (Å²) in [6.45, 7) is 1.00. The van der Waals surface area contributed by atoms with Crippen LogP contribution in [-0.2, 0) is 13.2 Å². The Bertz CT molecular complexity index is 683. The van der Waals surface area contributed by atoms with Crippen molar-refractivity contribution in [2.75, 3.05) is 7.05 Å². The second kappa shape index (κ2) is 7.99. The van der Waals surface area contributed by atoms with Crippen LogP contribution in [0.2, 0.25) is 5.02 Å². The summed E-state index contributed by atoms with van der Waals surface area (Å²) in [5.74, 6) is 0.417. The number of hydrogen-bond donors (Lipinski definition) is 1. The molecule has 4 nitrogen and oxygen atoms in total. The van der Waals surface area contributed by atoms with Gasteiger partial charge in [0.05, 0.1) is 16.8 Å². The normalized spacial score (nSPS) is 15.6. The third-order valence-corrected chi connectivity index (χ3v) is 4.77. The lowest BCUT2D eigenvalue weighted by Gasteiger charge is -2.23. The lowest BCUT2D eigenvalue weighted by atomic mass is 9.96. The fraction of sp³-hybridized carbons (Fsp3) is 0.500. The number of rotatable bonds is 6. The van der Waals surface area contributed by atoms with Gasteiger partial charge in [0.15, 0.2) is 0 Å². The quantitative estimate of drug-likeness (QED) is 0.834. The number of hydrogen-bond acceptors (Lipinski definition) is 3. The van der Waals surface area contributed by atoms with Gasteiger partial charge in [-0.1, -0.05) is 36.9 Å². The van der Waals surface area contributed by atoms with Crippen molar-refractivity contribution in [1.82, 2.24) is 15.1 Å². The van der Waals surface area contributed by atoms with E-state index < -0.39 is 0 Å². The van der Waals surface area contributed by atoms with E-state index in [0.717, 1.165) is 30.0 Å². The maximum atomic E-state index is 13.2. The van der Waals surface area contributed by atoms with Gasteiger partial charge in [-0.15, -0.1) is 0 Å². The standard InChI is InChI=1S/C18H23ClFN3O/c1-21-11-15-10-18(23(22-15)16-5-3-2-4-6-16)24-12-13-7-8-14(20)9-17(13)19/h7-10,16,21H,2-6,11-12H2,1H3. The molecular weight excluding hydrogens is 329 g/mol. The highest BCUT2D eigenvalue weighted by Crippen LogP contribution is 2.32. The zero-order chi connectivity index (χ0) is 16.9. The number of halogens is 2. The summed E-state index contributed by atoms with van der Waals surface area (Å²) in [6, 6.07) is 6.74. The highest BCUT2D eigenvalue weighted by Gasteiger charge is 2.21. The molecule has 0 atom stereocenters. The van der Waals surface area contributed by atoms with Gasteiger partial charge in [-0.25, -0.2) is 9.07 Å². The molecule has 130 valence electrons. The van der Waals surface area contributed by atoms with Crippen LogP contribution in [0.15, 0.2) is 24.3 Å². The second-order valence-corrected chi connectivity index (χ2v) is 6.67. The average Bonchev–Trinajstić information content (AvgIpc) is 2.98. The minimum absolute atomic E-state index is 0.302. The summed E-state index contributed by atoms with van der Waals surface area (Å²) in [6.07, 6.45) is 6.02. The number of nitrogens with zero attached hydrogens (tertiary/aromatic N) is 2. The summed E-state index contributed by atoms with van der Waals surface area (Å²) < 4.78 is 21.2. The monoisotopic (exact) mass is 351 g/mol. The molecule has 6 heteroatoms. The van der Waals surface area contributed by atoms with Crippen molar-refractivity contribution in [1.29, 1.82) is 0 Å². The molecule has 24 heavy (non-hydrogen) atoms. The first-order chi connectivity index (χ1) is 11.7. The van der Waals surface area contributed by atoms with Gasteiger partial charge in [-0.2, -0.15) is 5.10 Å². The predicted molar refractivity (Wildman–Crippen MR) is 92.9 cm³/mol. The van der Waals surface area contributed by atoms with Gasteiger partial charge in [-0.05, 0) is 32.0 Å². The number of aromatic nitrogens is 2. The lowest BCUT2D eigenvalue weighted by molar-refractivity contribution is 0.237. The van der Waals surface area contributed by atoms with Crippen LogP contribution in [0.5, 0.6) is 5.88 Å². The molecule has 0 aliphatic heterocycles. The van der Waals surface area contributed by atoms with Gasteiger partial charge in [-0.3, -0.25) is 0 Å². The Morgan fingerprint density at radius 2 is 2.08 bits per heavy atom. The molecule has 0 radical (unpaired) electrons. The van der Waals surface area contributed by atoms with Crippen molar-refractivity contribution < 1.29 is 9.13 Å². The molecule has 2 aromatic rings. The fourth-order valence-electron chi connectivity index (χ4n) is 3.18. The van der Waals surface area contributed by atoms with E-state index in [1.807, 2.05) is 17.8 Å². The lowest BCUT2D eigenvalue weighted by Crippen LogP contribution is -2.16. The Hall–Kier alpha value is -1.59. The van der Waals surface area contributed by atoms with Gasteiger partial charge >= 0.3 is 0 Å². The van der Waals surface area contributed by atoms with Crippen molar-refractivity contribution in [3.8, 4) is 5.88 Å². The fourth-order valence-corrected chi connectivity index (χ4v) is 3.40. The van der Waals surface area contributed by atoms with Crippen molar-refractivity contribution >= 4 is 11.6 Å². The molecule has 0 saturated heterocycles. The third-order valence-electron chi connectivity index (χ3n) is 4.42. The van der Waals surface area contributed by atoms with E-state index >= 15 is 0 Å². The first-order valence-corrected chi connectivity index (χ1v) is 8.85. The molecule has 1 aromatic heterocycles. The topological polar surface area (TPSA) is 39.1 Å². The van der Waals surface area contributed by atoms with Crippen LogP contribution in [0.4, 0.5) is 4.39 Å². The average molecular weight is 352 g/mol. The van der Waals surface area contributed by atoms with Crippen LogP contribution in [0.25, 0.3) is 0 Å². The first kappa shape index (κ1) is 17.2. The van der Waals surface area contributed by atoms with E-state index in [1.54, 1.807) is 6.07 Å². The Kier molecular flexibility index (Phi) is 5.74. The summed E-state index contributed by atoms with van der Waals surface area (Å²) >= 11 is 6.09. The zero-order valence-corrected chi connectivity index (χ0v) is 14.7. The second-order valence-electron chi connectivity index (χ2n) is 6.27. The minimum atomic E-state index is -0.340. The van der Waals surface area contributed by atoms with Crippen LogP contribution in [0.1, 0.15) is 49.4 Å². The van der Waals surface area contributed by atoms with Crippen LogP contribution >= 0.6 is 11.6 Å². The van der Waals surface area contributed by atoms with Crippen molar-refractivity contribution in [2.45, 2.75) is 51.3 Å². The molecule has 1 heterocycles. The summed E-state index contributed by atoms with van der Waals surface area (Å²) in [4.78, 5) is 0. The molecule has 1 aliphatic rings. The summed E-state index contributed by atoms with van der Waals surface area (Å²) in [5.41, 5.74) is 1.73. The molecule has 0 spiro atoms. The Labute approximate surface area is 147 Å². The maximum Gasteiger partial charge on any atom is 0.212 e. The van der Waals surface area contributed by atoms with E-state index in [-0.39, 0.29) is 5.82 Å². The van der Waals surface area contributed by atoms with E-state index in [4.69, 9.17) is 21.4 Å². The molecule has 1 saturated carbocycles. The van der Waals surface area contributed by atoms with Crippen LogP contribution in [-0.4, -0.2) is 16.8 Å². The number of benzene rings is 1. The molecule has 1 fully saturated rings. The van der Waals surface area contributed by atoms with Crippen molar-refractivity contribution in [3.63, 3.8) is 0 Å². The van der Waals surface area contributed by atoms with E-state index in [9.17, 15) is 4.39 Å². The molecule has 0 unspecified atom stereocenters. The molecule has 1 N–H and O–H groups in total. The Morgan fingerprint density at radius 1 is 1.29 bits per heavy atom. The van der Waals surface area contributed by atoms with Crippen molar-refractivity contribution in [3.05, 3.63) is 46.4 Å². The van der Waals surface area contributed by atoms with Crippen molar-refractivity contribution in [2.24, 2.45) is 0 Å². The van der Waals surface area contributed by atoms with Crippen LogP contribution < -0.4 is 10.1 Å².